The van der Waals surface area contributed by atoms with Gasteiger partial charge in [-0.2, -0.15) is 0 Å². The quantitative estimate of drug-likeness (QED) is 0.645. The average Bonchev–Trinajstić information content (AvgIpc) is 2.27. The molecule has 1 heterocycles. The Hall–Kier alpha value is -1.01. The highest BCUT2D eigenvalue weighted by atomic mass is 127. The van der Waals surface area contributed by atoms with Crippen molar-refractivity contribution in [2.45, 2.75) is 0 Å². The Bertz CT molecular complexity index is 499. The average molecular weight is 346 g/mol. The lowest BCUT2D eigenvalue weighted by Crippen LogP contribution is -1.99. The lowest BCUT2D eigenvalue weighted by Gasteiger charge is -2.08. The van der Waals surface area contributed by atoms with Crippen LogP contribution in [0, 0.1) is 3.57 Å². The molecular formula is C11H9ClIN3. The molecule has 0 atom stereocenters. The van der Waals surface area contributed by atoms with Crippen molar-refractivity contribution in [3.05, 3.63) is 45.1 Å². The Morgan fingerprint density at radius 3 is 2.50 bits per heavy atom. The molecule has 0 saturated carbocycles. The summed E-state index contributed by atoms with van der Waals surface area (Å²) < 4.78 is 1.18. The maximum absolute atomic E-state index is 5.80. The van der Waals surface area contributed by atoms with Gasteiger partial charge in [-0.1, -0.05) is 11.6 Å². The number of pyridine rings is 1. The molecule has 0 bridgehead atoms. The predicted octanol–water partition coefficient (Wildman–Crippen LogP) is 3.67. The van der Waals surface area contributed by atoms with Crippen LogP contribution in [-0.4, -0.2) is 4.98 Å². The lowest BCUT2D eigenvalue weighted by atomic mass is 10.3. The number of nitrogens with zero attached hydrogens (tertiary/aromatic N) is 1. The standard InChI is InChI=1S/C11H9ClIN3/c12-10-6-5-9(14)11(16-10)15-8-3-1-7(13)2-4-8/h1-6H,14H2,(H,15,16). The Morgan fingerprint density at radius 2 is 1.81 bits per heavy atom. The number of hydrogen-bond acceptors (Lipinski definition) is 3. The third-order valence-corrected chi connectivity index (χ3v) is 2.93. The highest BCUT2D eigenvalue weighted by molar-refractivity contribution is 14.1. The number of anilines is 3. The molecule has 2 rings (SSSR count). The fourth-order valence-electron chi connectivity index (χ4n) is 1.22. The van der Waals surface area contributed by atoms with E-state index < -0.39 is 0 Å². The SMILES string of the molecule is Nc1ccc(Cl)nc1Nc1ccc(I)cc1. The number of rotatable bonds is 2. The zero-order valence-corrected chi connectivity index (χ0v) is 11.2. The van der Waals surface area contributed by atoms with Gasteiger partial charge in [0, 0.05) is 9.26 Å². The van der Waals surface area contributed by atoms with Crippen molar-refractivity contribution in [1.29, 1.82) is 0 Å². The minimum absolute atomic E-state index is 0.419. The molecule has 82 valence electrons. The second-order valence-electron chi connectivity index (χ2n) is 3.20. The number of aromatic nitrogens is 1. The molecule has 1 aromatic carbocycles. The second-order valence-corrected chi connectivity index (χ2v) is 4.84. The predicted molar refractivity (Wildman–Crippen MR) is 76.1 cm³/mol. The molecule has 16 heavy (non-hydrogen) atoms. The number of nitrogen functional groups attached to an aromatic ring is 1. The van der Waals surface area contributed by atoms with Gasteiger partial charge in [-0.3, -0.25) is 0 Å². The summed E-state index contributed by atoms with van der Waals surface area (Å²) in [5.41, 5.74) is 7.29. The Kier molecular flexibility index (Phi) is 3.50. The van der Waals surface area contributed by atoms with Gasteiger partial charge in [0.2, 0.25) is 0 Å². The Morgan fingerprint density at radius 1 is 1.12 bits per heavy atom. The second kappa shape index (κ2) is 4.88. The minimum atomic E-state index is 0.419. The van der Waals surface area contributed by atoms with Crippen molar-refractivity contribution in [1.82, 2.24) is 4.98 Å². The van der Waals surface area contributed by atoms with E-state index in [1.807, 2.05) is 24.3 Å². The zero-order valence-electron chi connectivity index (χ0n) is 8.24. The van der Waals surface area contributed by atoms with E-state index >= 15 is 0 Å². The van der Waals surface area contributed by atoms with Crippen LogP contribution in [0.3, 0.4) is 0 Å². The maximum Gasteiger partial charge on any atom is 0.155 e. The van der Waals surface area contributed by atoms with E-state index in [4.69, 9.17) is 17.3 Å². The smallest absolute Gasteiger partial charge is 0.155 e. The van der Waals surface area contributed by atoms with E-state index in [0.717, 1.165) is 5.69 Å². The molecule has 0 amide bonds. The number of halogens is 2. The van der Waals surface area contributed by atoms with Crippen LogP contribution in [0.5, 0.6) is 0 Å². The van der Waals surface area contributed by atoms with Crippen molar-refractivity contribution in [2.24, 2.45) is 0 Å². The van der Waals surface area contributed by atoms with Gasteiger partial charge in [0.15, 0.2) is 5.82 Å². The van der Waals surface area contributed by atoms with Crippen LogP contribution >= 0.6 is 34.2 Å². The van der Waals surface area contributed by atoms with Gasteiger partial charge in [-0.15, -0.1) is 0 Å². The molecule has 0 aliphatic heterocycles. The maximum atomic E-state index is 5.80. The molecule has 1 aromatic heterocycles. The Balaban J connectivity index is 2.26. The molecule has 5 heteroatoms. The lowest BCUT2D eigenvalue weighted by molar-refractivity contribution is 1.31. The zero-order chi connectivity index (χ0) is 11.5. The number of benzene rings is 1. The number of nitrogens with two attached hydrogens (primary N) is 1. The van der Waals surface area contributed by atoms with Crippen LogP contribution in [0.2, 0.25) is 5.15 Å². The molecule has 0 fully saturated rings. The minimum Gasteiger partial charge on any atom is -0.396 e. The summed E-state index contributed by atoms with van der Waals surface area (Å²) in [6.07, 6.45) is 0. The van der Waals surface area contributed by atoms with Gasteiger partial charge >= 0.3 is 0 Å². The summed E-state index contributed by atoms with van der Waals surface area (Å²) in [7, 11) is 0. The first kappa shape index (κ1) is 11.5. The molecular weight excluding hydrogens is 336 g/mol. The monoisotopic (exact) mass is 345 g/mol. The largest absolute Gasteiger partial charge is 0.396 e. The van der Waals surface area contributed by atoms with Crippen LogP contribution in [0.4, 0.5) is 17.2 Å². The third kappa shape index (κ3) is 2.76. The highest BCUT2D eigenvalue weighted by Gasteiger charge is 2.02. The molecule has 2 aromatic rings. The highest BCUT2D eigenvalue weighted by Crippen LogP contribution is 2.23. The fourth-order valence-corrected chi connectivity index (χ4v) is 1.72. The molecule has 0 spiro atoms. The van der Waals surface area contributed by atoms with E-state index in [2.05, 4.69) is 32.9 Å². The van der Waals surface area contributed by atoms with Gasteiger partial charge in [0.25, 0.3) is 0 Å². The van der Waals surface area contributed by atoms with Crippen LogP contribution in [0.25, 0.3) is 0 Å². The summed E-state index contributed by atoms with van der Waals surface area (Å²) in [4.78, 5) is 4.12. The molecule has 3 N–H and O–H groups in total. The topological polar surface area (TPSA) is 50.9 Å². The molecule has 0 unspecified atom stereocenters. The van der Waals surface area contributed by atoms with Crippen molar-refractivity contribution < 1.29 is 0 Å². The van der Waals surface area contributed by atoms with Crippen molar-refractivity contribution in [3.8, 4) is 0 Å². The fraction of sp³-hybridized carbons (Fsp3) is 0. The summed E-state index contributed by atoms with van der Waals surface area (Å²) in [5.74, 6) is 0.578. The van der Waals surface area contributed by atoms with E-state index in [1.165, 1.54) is 3.57 Å². The molecule has 0 aliphatic rings. The number of hydrogen-bond donors (Lipinski definition) is 2. The van der Waals surface area contributed by atoms with Gasteiger partial charge < -0.3 is 11.1 Å². The van der Waals surface area contributed by atoms with Gasteiger partial charge in [0.1, 0.15) is 5.15 Å². The van der Waals surface area contributed by atoms with Gasteiger partial charge in [-0.05, 0) is 59.0 Å². The molecule has 0 saturated heterocycles. The van der Waals surface area contributed by atoms with Gasteiger partial charge in [0.05, 0.1) is 5.69 Å². The third-order valence-electron chi connectivity index (χ3n) is 2.00. The van der Waals surface area contributed by atoms with E-state index in [1.54, 1.807) is 12.1 Å². The van der Waals surface area contributed by atoms with Crippen LogP contribution in [0.15, 0.2) is 36.4 Å². The summed E-state index contributed by atoms with van der Waals surface area (Å²) in [6.45, 7) is 0. The van der Waals surface area contributed by atoms with Gasteiger partial charge in [-0.25, -0.2) is 4.98 Å². The van der Waals surface area contributed by atoms with Crippen LogP contribution < -0.4 is 11.1 Å². The van der Waals surface area contributed by atoms with Crippen LogP contribution in [0.1, 0.15) is 0 Å². The first-order valence-corrected chi connectivity index (χ1v) is 6.05. The molecule has 0 aliphatic carbocycles. The van der Waals surface area contributed by atoms with Crippen molar-refractivity contribution >= 4 is 51.4 Å². The molecule has 3 nitrogen and oxygen atoms in total. The molecule has 0 radical (unpaired) electrons. The van der Waals surface area contributed by atoms with E-state index in [-0.39, 0.29) is 0 Å². The summed E-state index contributed by atoms with van der Waals surface area (Å²) in [6, 6.07) is 11.3. The first-order valence-electron chi connectivity index (χ1n) is 4.60. The summed E-state index contributed by atoms with van der Waals surface area (Å²) in [5, 5.41) is 3.54. The van der Waals surface area contributed by atoms with Crippen LogP contribution in [-0.2, 0) is 0 Å². The van der Waals surface area contributed by atoms with E-state index in [9.17, 15) is 0 Å². The van der Waals surface area contributed by atoms with E-state index in [0.29, 0.717) is 16.7 Å². The first-order chi connectivity index (χ1) is 7.65. The normalized spacial score (nSPS) is 10.1. The van der Waals surface area contributed by atoms with Crippen molar-refractivity contribution in [3.63, 3.8) is 0 Å². The Labute approximate surface area is 112 Å². The summed E-state index contributed by atoms with van der Waals surface area (Å²) >= 11 is 8.05. The number of nitrogens with one attached hydrogen (secondary N) is 1. The van der Waals surface area contributed by atoms with Crippen molar-refractivity contribution in [2.75, 3.05) is 11.1 Å².